The molecule has 0 radical (unpaired) electrons. The quantitative estimate of drug-likeness (QED) is 0.185. The Kier molecular flexibility index (Phi) is 7.58. The van der Waals surface area contributed by atoms with Crippen molar-refractivity contribution in [1.82, 2.24) is 15.0 Å². The second-order valence-corrected chi connectivity index (χ2v) is 11.9. The Labute approximate surface area is 278 Å². The lowest BCUT2D eigenvalue weighted by Gasteiger charge is -2.14. The van der Waals surface area contributed by atoms with Gasteiger partial charge in [-0.3, -0.25) is 0 Å². The van der Waals surface area contributed by atoms with Crippen molar-refractivity contribution in [1.29, 1.82) is 0 Å². The number of benzene rings is 7. The van der Waals surface area contributed by atoms with E-state index in [2.05, 4.69) is 133 Å². The lowest BCUT2D eigenvalue weighted by atomic mass is 9.95. The molecule has 222 valence electrons. The fraction of sp³-hybridized carbons (Fsp3) is 0. The van der Waals surface area contributed by atoms with Crippen LogP contribution in [-0.2, 0) is 0 Å². The summed E-state index contributed by atoms with van der Waals surface area (Å²) >= 11 is 6.47. The largest absolute Gasteiger partial charge is 0.208 e. The first-order valence-corrected chi connectivity index (χ1v) is 15.9. The van der Waals surface area contributed by atoms with Gasteiger partial charge in [-0.2, -0.15) is 0 Å². The standard InChI is InChI=1S/C43H28ClN3/c44-36-21-12-19-33(27-36)40-28-35(26-32-17-7-8-23-38(32)40)42-45-41(34-20-11-18-31(25-34)29-13-3-1-4-14-29)46-43(47-42)39-24-10-9-22-37(39)30-15-5-2-6-16-30/h1-28H. The maximum Gasteiger partial charge on any atom is 0.164 e. The van der Waals surface area contributed by atoms with E-state index in [-0.39, 0.29) is 0 Å². The Morgan fingerprint density at radius 3 is 1.68 bits per heavy atom. The molecule has 0 unspecified atom stereocenters. The molecule has 0 N–H and O–H groups in total. The Bertz CT molecular complexity index is 2370. The van der Waals surface area contributed by atoms with Gasteiger partial charge in [-0.05, 0) is 74.5 Å². The first-order valence-electron chi connectivity index (χ1n) is 15.6. The average molecular weight is 622 g/mol. The van der Waals surface area contributed by atoms with Gasteiger partial charge in [-0.1, -0.05) is 151 Å². The van der Waals surface area contributed by atoms with E-state index in [0.717, 1.165) is 60.8 Å². The third kappa shape index (κ3) is 5.81. The van der Waals surface area contributed by atoms with Gasteiger partial charge >= 0.3 is 0 Å². The summed E-state index contributed by atoms with van der Waals surface area (Å²) < 4.78 is 0. The molecule has 3 nitrogen and oxygen atoms in total. The van der Waals surface area contributed by atoms with Gasteiger partial charge in [0.1, 0.15) is 0 Å². The van der Waals surface area contributed by atoms with E-state index in [1.807, 2.05) is 36.4 Å². The highest BCUT2D eigenvalue weighted by Crippen LogP contribution is 2.37. The molecule has 0 spiro atoms. The summed E-state index contributed by atoms with van der Waals surface area (Å²) in [6.07, 6.45) is 0. The molecule has 0 saturated carbocycles. The second kappa shape index (κ2) is 12.5. The van der Waals surface area contributed by atoms with Gasteiger partial charge in [-0.25, -0.2) is 15.0 Å². The van der Waals surface area contributed by atoms with Crippen LogP contribution < -0.4 is 0 Å². The molecule has 0 fully saturated rings. The second-order valence-electron chi connectivity index (χ2n) is 11.4. The Balaban J connectivity index is 1.37. The zero-order valence-electron chi connectivity index (χ0n) is 25.4. The van der Waals surface area contributed by atoms with Gasteiger partial charge in [-0.15, -0.1) is 0 Å². The van der Waals surface area contributed by atoms with E-state index in [9.17, 15) is 0 Å². The molecule has 8 aromatic rings. The summed E-state index contributed by atoms with van der Waals surface area (Å²) in [6.45, 7) is 0. The molecule has 0 atom stereocenters. The predicted octanol–water partition coefficient (Wildman–Crippen LogP) is 11.7. The number of hydrogen-bond acceptors (Lipinski definition) is 3. The summed E-state index contributed by atoms with van der Waals surface area (Å²) in [7, 11) is 0. The minimum Gasteiger partial charge on any atom is -0.208 e. The smallest absolute Gasteiger partial charge is 0.164 e. The SMILES string of the molecule is Clc1cccc(-c2cc(-c3nc(-c4cccc(-c5ccccc5)c4)nc(-c4ccccc4-c4ccccc4)n3)cc3ccccc23)c1. The molecule has 0 aliphatic carbocycles. The summed E-state index contributed by atoms with van der Waals surface area (Å²) in [4.78, 5) is 15.5. The average Bonchev–Trinajstić information content (AvgIpc) is 3.15. The molecule has 47 heavy (non-hydrogen) atoms. The van der Waals surface area contributed by atoms with Crippen LogP contribution in [0.5, 0.6) is 0 Å². The predicted molar refractivity (Wildman–Crippen MR) is 195 cm³/mol. The van der Waals surface area contributed by atoms with Crippen molar-refractivity contribution in [3.8, 4) is 67.5 Å². The van der Waals surface area contributed by atoms with Crippen molar-refractivity contribution < 1.29 is 0 Å². The molecule has 0 aliphatic heterocycles. The van der Waals surface area contributed by atoms with Crippen molar-refractivity contribution in [3.05, 3.63) is 175 Å². The Morgan fingerprint density at radius 1 is 0.319 bits per heavy atom. The minimum atomic E-state index is 0.604. The fourth-order valence-electron chi connectivity index (χ4n) is 6.11. The van der Waals surface area contributed by atoms with Crippen LogP contribution in [0, 0.1) is 0 Å². The molecule has 7 aromatic carbocycles. The van der Waals surface area contributed by atoms with E-state index in [1.54, 1.807) is 0 Å². The van der Waals surface area contributed by atoms with Crippen LogP contribution in [0.3, 0.4) is 0 Å². The number of aromatic nitrogens is 3. The highest BCUT2D eigenvalue weighted by atomic mass is 35.5. The van der Waals surface area contributed by atoms with Crippen LogP contribution in [0.25, 0.3) is 78.3 Å². The van der Waals surface area contributed by atoms with Crippen LogP contribution in [-0.4, -0.2) is 15.0 Å². The van der Waals surface area contributed by atoms with E-state index < -0.39 is 0 Å². The van der Waals surface area contributed by atoms with Crippen LogP contribution >= 0.6 is 11.6 Å². The van der Waals surface area contributed by atoms with Crippen molar-refractivity contribution in [3.63, 3.8) is 0 Å². The highest BCUT2D eigenvalue weighted by Gasteiger charge is 2.17. The zero-order chi connectivity index (χ0) is 31.6. The summed E-state index contributed by atoms with van der Waals surface area (Å²) in [5, 5.41) is 2.93. The minimum absolute atomic E-state index is 0.604. The monoisotopic (exact) mass is 621 g/mol. The molecule has 0 saturated heterocycles. The summed E-state index contributed by atoms with van der Waals surface area (Å²) in [5.74, 6) is 1.84. The molecule has 1 aromatic heterocycles. The van der Waals surface area contributed by atoms with E-state index in [1.165, 1.54) is 0 Å². The number of fused-ring (bicyclic) bond motifs is 1. The molecule has 0 aliphatic rings. The summed E-state index contributed by atoms with van der Waals surface area (Å²) in [5.41, 5.74) is 9.28. The van der Waals surface area contributed by atoms with Crippen molar-refractivity contribution in [2.24, 2.45) is 0 Å². The number of halogens is 1. The van der Waals surface area contributed by atoms with E-state index in [4.69, 9.17) is 26.6 Å². The van der Waals surface area contributed by atoms with E-state index >= 15 is 0 Å². The molecule has 8 rings (SSSR count). The molecule has 0 amide bonds. The van der Waals surface area contributed by atoms with Gasteiger partial charge in [0.15, 0.2) is 17.5 Å². The van der Waals surface area contributed by atoms with Crippen LogP contribution in [0.2, 0.25) is 5.02 Å². The zero-order valence-corrected chi connectivity index (χ0v) is 26.1. The van der Waals surface area contributed by atoms with Gasteiger partial charge in [0.05, 0.1) is 0 Å². The number of rotatable bonds is 6. The van der Waals surface area contributed by atoms with Crippen LogP contribution in [0.15, 0.2) is 170 Å². The normalized spacial score (nSPS) is 11.1. The molecular weight excluding hydrogens is 594 g/mol. The first kappa shape index (κ1) is 28.6. The van der Waals surface area contributed by atoms with Crippen molar-refractivity contribution in [2.75, 3.05) is 0 Å². The molecular formula is C43H28ClN3. The van der Waals surface area contributed by atoms with Crippen molar-refractivity contribution in [2.45, 2.75) is 0 Å². The number of hydrogen-bond donors (Lipinski definition) is 0. The van der Waals surface area contributed by atoms with Gasteiger partial charge in [0.25, 0.3) is 0 Å². The molecule has 0 bridgehead atoms. The Morgan fingerprint density at radius 2 is 0.894 bits per heavy atom. The maximum absolute atomic E-state index is 6.47. The first-order chi connectivity index (χ1) is 23.2. The lowest BCUT2D eigenvalue weighted by Crippen LogP contribution is -2.01. The van der Waals surface area contributed by atoms with Crippen LogP contribution in [0.1, 0.15) is 0 Å². The molecule has 1 heterocycles. The maximum atomic E-state index is 6.47. The third-order valence-electron chi connectivity index (χ3n) is 8.37. The topological polar surface area (TPSA) is 38.7 Å². The van der Waals surface area contributed by atoms with Gasteiger partial charge in [0.2, 0.25) is 0 Å². The highest BCUT2D eigenvalue weighted by molar-refractivity contribution is 6.31. The van der Waals surface area contributed by atoms with Crippen molar-refractivity contribution >= 4 is 22.4 Å². The Hall–Kier alpha value is -5.90. The van der Waals surface area contributed by atoms with Gasteiger partial charge < -0.3 is 0 Å². The fourth-order valence-corrected chi connectivity index (χ4v) is 6.30. The third-order valence-corrected chi connectivity index (χ3v) is 8.61. The molecule has 4 heteroatoms. The van der Waals surface area contributed by atoms with Crippen LogP contribution in [0.4, 0.5) is 0 Å². The summed E-state index contributed by atoms with van der Waals surface area (Å²) in [6, 6.07) is 58.1. The number of nitrogens with zero attached hydrogens (tertiary/aromatic N) is 3. The lowest BCUT2D eigenvalue weighted by molar-refractivity contribution is 1.07. The van der Waals surface area contributed by atoms with E-state index in [0.29, 0.717) is 22.5 Å². The van der Waals surface area contributed by atoms with Gasteiger partial charge in [0, 0.05) is 21.7 Å².